The Morgan fingerprint density at radius 2 is 2.07 bits per heavy atom. The van der Waals surface area contributed by atoms with Crippen molar-refractivity contribution in [2.45, 2.75) is 25.3 Å². The standard InChI is InChI=1S/C12H15FN2/c13-8-4-7(5-15-6-8)12(14)11-9-2-1-3-10(9)11/h4-6,9-12H,1-3,14H2. The first-order chi connectivity index (χ1) is 7.27. The van der Waals surface area contributed by atoms with E-state index in [4.69, 9.17) is 5.73 Å². The van der Waals surface area contributed by atoms with Crippen LogP contribution in [0.15, 0.2) is 18.5 Å². The van der Waals surface area contributed by atoms with E-state index in [9.17, 15) is 4.39 Å². The second kappa shape index (κ2) is 3.27. The molecule has 0 saturated heterocycles. The Labute approximate surface area is 88.7 Å². The summed E-state index contributed by atoms with van der Waals surface area (Å²) >= 11 is 0. The molecular formula is C12H15FN2. The van der Waals surface area contributed by atoms with Gasteiger partial charge in [-0.25, -0.2) is 4.39 Å². The molecule has 0 aliphatic heterocycles. The second-order valence-corrected chi connectivity index (χ2v) is 4.80. The van der Waals surface area contributed by atoms with E-state index in [2.05, 4.69) is 4.98 Å². The highest BCUT2D eigenvalue weighted by Gasteiger charge is 2.55. The van der Waals surface area contributed by atoms with E-state index >= 15 is 0 Å². The smallest absolute Gasteiger partial charge is 0.141 e. The third kappa shape index (κ3) is 1.46. The highest BCUT2D eigenvalue weighted by Crippen LogP contribution is 2.61. The van der Waals surface area contributed by atoms with Gasteiger partial charge in [-0.2, -0.15) is 0 Å². The summed E-state index contributed by atoms with van der Waals surface area (Å²) in [6.07, 6.45) is 6.89. The van der Waals surface area contributed by atoms with Crippen LogP contribution in [-0.4, -0.2) is 4.98 Å². The highest BCUT2D eigenvalue weighted by molar-refractivity contribution is 5.20. The Morgan fingerprint density at radius 3 is 2.73 bits per heavy atom. The first kappa shape index (κ1) is 9.28. The molecule has 3 unspecified atom stereocenters. The lowest BCUT2D eigenvalue weighted by Crippen LogP contribution is -2.15. The summed E-state index contributed by atoms with van der Waals surface area (Å²) in [5.41, 5.74) is 7.01. The molecule has 2 nitrogen and oxygen atoms in total. The number of aromatic nitrogens is 1. The third-order valence-electron chi connectivity index (χ3n) is 4.00. The van der Waals surface area contributed by atoms with Crippen LogP contribution in [0.4, 0.5) is 4.39 Å². The maximum absolute atomic E-state index is 13.0. The molecule has 2 aliphatic rings. The van der Waals surface area contributed by atoms with E-state index in [-0.39, 0.29) is 11.9 Å². The molecule has 80 valence electrons. The molecule has 0 radical (unpaired) electrons. The van der Waals surface area contributed by atoms with Gasteiger partial charge >= 0.3 is 0 Å². The summed E-state index contributed by atoms with van der Waals surface area (Å²) in [5, 5.41) is 0. The maximum atomic E-state index is 13.0. The van der Waals surface area contributed by atoms with Crippen LogP contribution in [0.5, 0.6) is 0 Å². The molecule has 3 heteroatoms. The lowest BCUT2D eigenvalue weighted by molar-refractivity contribution is 0.497. The zero-order valence-electron chi connectivity index (χ0n) is 8.57. The third-order valence-corrected chi connectivity index (χ3v) is 4.00. The summed E-state index contributed by atoms with van der Waals surface area (Å²) in [5.74, 6) is 1.92. The quantitative estimate of drug-likeness (QED) is 0.806. The van der Waals surface area contributed by atoms with Gasteiger partial charge in [0.15, 0.2) is 0 Å². The second-order valence-electron chi connectivity index (χ2n) is 4.80. The molecule has 0 bridgehead atoms. The van der Waals surface area contributed by atoms with Gasteiger partial charge in [-0.1, -0.05) is 6.42 Å². The zero-order chi connectivity index (χ0) is 10.4. The van der Waals surface area contributed by atoms with Crippen LogP contribution in [0, 0.1) is 23.6 Å². The normalized spacial score (nSPS) is 34.9. The largest absolute Gasteiger partial charge is 0.324 e. The van der Waals surface area contributed by atoms with E-state index in [1.54, 1.807) is 6.20 Å². The summed E-state index contributed by atoms with van der Waals surface area (Å²) in [6, 6.07) is 1.51. The predicted molar refractivity (Wildman–Crippen MR) is 55.4 cm³/mol. The average Bonchev–Trinajstić information content (AvgIpc) is 2.70. The van der Waals surface area contributed by atoms with Crippen molar-refractivity contribution in [2.75, 3.05) is 0 Å². The van der Waals surface area contributed by atoms with E-state index in [0.717, 1.165) is 17.4 Å². The van der Waals surface area contributed by atoms with Crippen LogP contribution in [-0.2, 0) is 0 Å². The molecule has 1 aromatic heterocycles. The number of fused-ring (bicyclic) bond motifs is 1. The number of hydrogen-bond donors (Lipinski definition) is 1. The number of nitrogens with two attached hydrogens (primary N) is 1. The van der Waals surface area contributed by atoms with E-state index in [1.165, 1.54) is 31.5 Å². The Morgan fingerprint density at radius 1 is 1.33 bits per heavy atom. The fourth-order valence-electron chi connectivity index (χ4n) is 3.24. The first-order valence-electron chi connectivity index (χ1n) is 5.63. The van der Waals surface area contributed by atoms with Gasteiger partial charge in [-0.05, 0) is 42.2 Å². The lowest BCUT2D eigenvalue weighted by Gasteiger charge is -2.13. The molecule has 0 spiro atoms. The molecule has 3 rings (SSSR count). The molecule has 0 amide bonds. The first-order valence-corrected chi connectivity index (χ1v) is 5.63. The monoisotopic (exact) mass is 206 g/mol. The van der Waals surface area contributed by atoms with Crippen molar-refractivity contribution in [3.63, 3.8) is 0 Å². The molecular weight excluding hydrogens is 191 g/mol. The fourth-order valence-corrected chi connectivity index (χ4v) is 3.24. The number of hydrogen-bond acceptors (Lipinski definition) is 2. The zero-order valence-corrected chi connectivity index (χ0v) is 8.57. The van der Waals surface area contributed by atoms with Crippen LogP contribution in [0.1, 0.15) is 30.9 Å². The predicted octanol–water partition coefficient (Wildman–Crippen LogP) is 2.27. The molecule has 3 atom stereocenters. The molecule has 2 aliphatic carbocycles. The molecule has 1 aromatic rings. The van der Waals surface area contributed by atoms with Crippen molar-refractivity contribution < 1.29 is 4.39 Å². The fraction of sp³-hybridized carbons (Fsp3) is 0.583. The minimum atomic E-state index is -0.284. The minimum absolute atomic E-state index is 0.0106. The number of pyridine rings is 1. The van der Waals surface area contributed by atoms with Crippen LogP contribution in [0.3, 0.4) is 0 Å². The number of halogens is 1. The summed E-state index contributed by atoms with van der Waals surface area (Å²) in [6.45, 7) is 0. The molecule has 1 heterocycles. The summed E-state index contributed by atoms with van der Waals surface area (Å²) < 4.78 is 13.0. The highest BCUT2D eigenvalue weighted by atomic mass is 19.1. The van der Waals surface area contributed by atoms with E-state index in [1.807, 2.05) is 0 Å². The van der Waals surface area contributed by atoms with Gasteiger partial charge in [0.25, 0.3) is 0 Å². The SMILES string of the molecule is NC(c1cncc(F)c1)C1C2CCCC21. The van der Waals surface area contributed by atoms with Crippen molar-refractivity contribution >= 4 is 0 Å². The van der Waals surface area contributed by atoms with Gasteiger partial charge in [-0.3, -0.25) is 4.98 Å². The van der Waals surface area contributed by atoms with Gasteiger partial charge in [-0.15, -0.1) is 0 Å². The van der Waals surface area contributed by atoms with Crippen molar-refractivity contribution in [2.24, 2.45) is 23.5 Å². The Bertz CT molecular complexity index is 370. The van der Waals surface area contributed by atoms with Crippen LogP contribution < -0.4 is 5.73 Å². The minimum Gasteiger partial charge on any atom is -0.324 e. The van der Waals surface area contributed by atoms with Gasteiger partial charge in [0.05, 0.1) is 6.20 Å². The molecule has 15 heavy (non-hydrogen) atoms. The molecule has 2 saturated carbocycles. The molecule has 2 N–H and O–H groups in total. The van der Waals surface area contributed by atoms with Crippen molar-refractivity contribution in [3.8, 4) is 0 Å². The number of nitrogens with zero attached hydrogens (tertiary/aromatic N) is 1. The van der Waals surface area contributed by atoms with Crippen molar-refractivity contribution in [1.82, 2.24) is 4.98 Å². The van der Waals surface area contributed by atoms with Crippen LogP contribution >= 0.6 is 0 Å². The van der Waals surface area contributed by atoms with Gasteiger partial charge < -0.3 is 5.73 Å². The van der Waals surface area contributed by atoms with Gasteiger partial charge in [0.2, 0.25) is 0 Å². The van der Waals surface area contributed by atoms with Crippen molar-refractivity contribution in [3.05, 3.63) is 29.8 Å². The Balaban J connectivity index is 1.78. The summed E-state index contributed by atoms with van der Waals surface area (Å²) in [7, 11) is 0. The van der Waals surface area contributed by atoms with Crippen LogP contribution in [0.2, 0.25) is 0 Å². The molecule has 0 aromatic carbocycles. The van der Waals surface area contributed by atoms with E-state index in [0.29, 0.717) is 5.92 Å². The maximum Gasteiger partial charge on any atom is 0.141 e. The van der Waals surface area contributed by atoms with Crippen LogP contribution in [0.25, 0.3) is 0 Å². The topological polar surface area (TPSA) is 38.9 Å². The molecule has 2 fully saturated rings. The average molecular weight is 206 g/mol. The van der Waals surface area contributed by atoms with Gasteiger partial charge in [0, 0.05) is 12.2 Å². The Kier molecular flexibility index (Phi) is 2.02. The Hall–Kier alpha value is -0.960. The summed E-state index contributed by atoms with van der Waals surface area (Å²) in [4.78, 5) is 3.85. The lowest BCUT2D eigenvalue weighted by atomic mass is 9.99. The van der Waals surface area contributed by atoms with Crippen molar-refractivity contribution in [1.29, 1.82) is 0 Å². The number of rotatable bonds is 2. The van der Waals surface area contributed by atoms with E-state index < -0.39 is 0 Å². The van der Waals surface area contributed by atoms with Gasteiger partial charge in [0.1, 0.15) is 5.82 Å².